The molecule has 0 aliphatic rings. The van der Waals surface area contributed by atoms with Gasteiger partial charge in [-0.3, -0.25) is 0 Å². The molecule has 0 aliphatic carbocycles. The molecule has 0 amide bonds. The van der Waals surface area contributed by atoms with E-state index >= 15 is 0 Å². The smallest absolute Gasteiger partial charge is 0.0998 e. The molecule has 0 bridgehead atoms. The average Bonchev–Trinajstić information content (AvgIpc) is 2.47. The minimum absolute atomic E-state index is 0.698. The zero-order chi connectivity index (χ0) is 14.8. The van der Waals surface area contributed by atoms with E-state index in [2.05, 4.69) is 57.3 Å². The van der Waals surface area contributed by atoms with Gasteiger partial charge < -0.3 is 0 Å². The van der Waals surface area contributed by atoms with Crippen LogP contribution in [0.15, 0.2) is 48.5 Å². The Morgan fingerprint density at radius 2 is 1.70 bits per heavy atom. The monoisotopic (exact) mass is 279 g/mol. The van der Waals surface area contributed by atoms with Gasteiger partial charge in [0.15, 0.2) is 0 Å². The third kappa shape index (κ3) is 2.68. The van der Waals surface area contributed by atoms with Crippen LogP contribution >= 0.6 is 0 Å². The number of rotatable bonds is 3. The predicted molar refractivity (Wildman–Crippen MR) is 88.8 cm³/mol. The van der Waals surface area contributed by atoms with Gasteiger partial charge in [-0.05, 0) is 22.7 Å². The molecule has 0 saturated carbocycles. The molecule has 0 aromatic heterocycles. The molecule has 0 aliphatic heterocycles. The first-order chi connectivity index (χ1) is 9.46. The van der Waals surface area contributed by atoms with Gasteiger partial charge in [0, 0.05) is 0 Å². The van der Waals surface area contributed by atoms with Crippen LogP contribution in [-0.2, 0) is 0 Å². The molecule has 0 spiro atoms. The van der Waals surface area contributed by atoms with Crippen molar-refractivity contribution in [3.8, 4) is 17.2 Å². The van der Waals surface area contributed by atoms with E-state index in [1.54, 1.807) is 0 Å². The zero-order valence-electron chi connectivity index (χ0n) is 12.6. The standard InChI is InChI=1S/C18H21NSi/c1-14(2)20(3,4)17-10-7-9-15(12-17)18-11-6-5-8-16(18)13-19/h5-12,14H,1-4H3. The van der Waals surface area contributed by atoms with Crippen LogP contribution < -0.4 is 5.19 Å². The summed E-state index contributed by atoms with van der Waals surface area (Å²) in [5.74, 6) is 0. The highest BCUT2D eigenvalue weighted by molar-refractivity contribution is 6.90. The van der Waals surface area contributed by atoms with Gasteiger partial charge in [0.25, 0.3) is 0 Å². The number of benzene rings is 2. The van der Waals surface area contributed by atoms with Crippen molar-refractivity contribution in [3.63, 3.8) is 0 Å². The summed E-state index contributed by atoms with van der Waals surface area (Å²) in [7, 11) is -1.43. The predicted octanol–water partition coefficient (Wildman–Crippen LogP) is 4.55. The lowest BCUT2D eigenvalue weighted by molar-refractivity contribution is 1.02. The highest BCUT2D eigenvalue weighted by atomic mass is 28.3. The Balaban J connectivity index is 2.54. The van der Waals surface area contributed by atoms with E-state index in [-0.39, 0.29) is 0 Å². The van der Waals surface area contributed by atoms with Crippen LogP contribution in [-0.4, -0.2) is 8.07 Å². The molecule has 102 valence electrons. The Bertz CT molecular complexity index is 650. The molecule has 0 saturated heterocycles. The number of nitrogens with zero attached hydrogens (tertiary/aromatic N) is 1. The Hall–Kier alpha value is -1.85. The third-order valence-electron chi connectivity index (χ3n) is 4.41. The maximum absolute atomic E-state index is 9.26. The van der Waals surface area contributed by atoms with Gasteiger partial charge in [0.05, 0.1) is 19.7 Å². The molecule has 0 N–H and O–H groups in total. The lowest BCUT2D eigenvalue weighted by atomic mass is 10.0. The molecule has 2 aromatic carbocycles. The fourth-order valence-corrected chi connectivity index (χ4v) is 3.97. The van der Waals surface area contributed by atoms with Crippen LogP contribution in [0, 0.1) is 11.3 Å². The highest BCUT2D eigenvalue weighted by Gasteiger charge is 2.27. The Labute approximate surface area is 122 Å². The summed E-state index contributed by atoms with van der Waals surface area (Å²) in [4.78, 5) is 0. The van der Waals surface area contributed by atoms with Crippen molar-refractivity contribution >= 4 is 13.3 Å². The van der Waals surface area contributed by atoms with E-state index in [1.165, 1.54) is 5.19 Å². The Kier molecular flexibility index (Phi) is 4.11. The van der Waals surface area contributed by atoms with E-state index < -0.39 is 8.07 Å². The lowest BCUT2D eigenvalue weighted by Gasteiger charge is -2.28. The van der Waals surface area contributed by atoms with Gasteiger partial charge in [-0.1, -0.05) is 74.6 Å². The van der Waals surface area contributed by atoms with E-state index in [1.807, 2.05) is 24.3 Å². The molecule has 0 fully saturated rings. The second-order valence-corrected chi connectivity index (χ2v) is 11.3. The minimum Gasteiger partial charge on any atom is -0.192 e. The minimum atomic E-state index is -1.43. The van der Waals surface area contributed by atoms with Crippen molar-refractivity contribution in [2.45, 2.75) is 32.5 Å². The first kappa shape index (κ1) is 14.6. The molecule has 20 heavy (non-hydrogen) atoms. The highest BCUT2D eigenvalue weighted by Crippen LogP contribution is 2.25. The summed E-state index contributed by atoms with van der Waals surface area (Å²) in [5.41, 5.74) is 3.63. The molecule has 0 unspecified atom stereocenters. The van der Waals surface area contributed by atoms with Crippen LogP contribution in [0.5, 0.6) is 0 Å². The van der Waals surface area contributed by atoms with Gasteiger partial charge in [-0.2, -0.15) is 5.26 Å². The summed E-state index contributed by atoms with van der Waals surface area (Å²) in [6.45, 7) is 9.43. The van der Waals surface area contributed by atoms with Gasteiger partial charge in [-0.15, -0.1) is 0 Å². The number of nitriles is 1. The van der Waals surface area contributed by atoms with E-state index in [9.17, 15) is 5.26 Å². The maximum atomic E-state index is 9.26. The van der Waals surface area contributed by atoms with Crippen LogP contribution in [0.1, 0.15) is 19.4 Å². The number of hydrogen-bond donors (Lipinski definition) is 0. The van der Waals surface area contributed by atoms with Crippen molar-refractivity contribution < 1.29 is 0 Å². The lowest BCUT2D eigenvalue weighted by Crippen LogP contribution is -2.44. The Morgan fingerprint density at radius 1 is 1.00 bits per heavy atom. The quantitative estimate of drug-likeness (QED) is 0.756. The van der Waals surface area contributed by atoms with Crippen LogP contribution in [0.4, 0.5) is 0 Å². The normalized spacial score (nSPS) is 11.4. The summed E-state index contributed by atoms with van der Waals surface area (Å²) < 4.78 is 0. The third-order valence-corrected chi connectivity index (χ3v) is 9.09. The fourth-order valence-electron chi connectivity index (χ4n) is 2.25. The van der Waals surface area contributed by atoms with E-state index in [0.717, 1.165) is 16.7 Å². The summed E-state index contributed by atoms with van der Waals surface area (Å²) >= 11 is 0. The molecular formula is C18H21NSi. The first-order valence-electron chi connectivity index (χ1n) is 7.07. The van der Waals surface area contributed by atoms with E-state index in [4.69, 9.17) is 0 Å². The zero-order valence-corrected chi connectivity index (χ0v) is 13.6. The topological polar surface area (TPSA) is 23.8 Å². The second-order valence-electron chi connectivity index (χ2n) is 6.11. The van der Waals surface area contributed by atoms with Crippen LogP contribution in [0.3, 0.4) is 0 Å². The van der Waals surface area contributed by atoms with Crippen molar-refractivity contribution in [2.75, 3.05) is 0 Å². The van der Waals surface area contributed by atoms with E-state index in [0.29, 0.717) is 5.54 Å². The van der Waals surface area contributed by atoms with Crippen LogP contribution in [0.25, 0.3) is 11.1 Å². The molecule has 1 nitrogen and oxygen atoms in total. The summed E-state index contributed by atoms with van der Waals surface area (Å²) in [6, 6.07) is 18.9. The van der Waals surface area contributed by atoms with Crippen molar-refractivity contribution in [1.82, 2.24) is 0 Å². The first-order valence-corrected chi connectivity index (χ1v) is 10.1. The van der Waals surface area contributed by atoms with Crippen molar-refractivity contribution in [3.05, 3.63) is 54.1 Å². The maximum Gasteiger partial charge on any atom is 0.0998 e. The Morgan fingerprint density at radius 3 is 2.35 bits per heavy atom. The molecule has 0 radical (unpaired) electrons. The van der Waals surface area contributed by atoms with Gasteiger partial charge in [-0.25, -0.2) is 0 Å². The fraction of sp³-hybridized carbons (Fsp3) is 0.278. The molecule has 2 aromatic rings. The molecule has 0 atom stereocenters. The molecule has 2 heteroatoms. The van der Waals surface area contributed by atoms with Gasteiger partial charge >= 0.3 is 0 Å². The molecule has 0 heterocycles. The summed E-state index contributed by atoms with van der Waals surface area (Å²) in [5, 5.41) is 10.7. The summed E-state index contributed by atoms with van der Waals surface area (Å²) in [6.07, 6.45) is 0. The van der Waals surface area contributed by atoms with Gasteiger partial charge in [0.1, 0.15) is 0 Å². The van der Waals surface area contributed by atoms with Gasteiger partial charge in [0.2, 0.25) is 0 Å². The average molecular weight is 279 g/mol. The largest absolute Gasteiger partial charge is 0.192 e. The number of hydrogen-bond acceptors (Lipinski definition) is 1. The van der Waals surface area contributed by atoms with Crippen LogP contribution in [0.2, 0.25) is 18.6 Å². The second kappa shape index (κ2) is 5.64. The van der Waals surface area contributed by atoms with Crippen molar-refractivity contribution in [2.24, 2.45) is 0 Å². The van der Waals surface area contributed by atoms with Crippen molar-refractivity contribution in [1.29, 1.82) is 5.26 Å². The molecule has 2 rings (SSSR count). The SMILES string of the molecule is CC(C)[Si](C)(C)c1cccc(-c2ccccc2C#N)c1. The molecular weight excluding hydrogens is 258 g/mol.